The number of carbonyl (C=O) groups is 1. The van der Waals surface area contributed by atoms with E-state index in [4.69, 9.17) is 23.2 Å². The van der Waals surface area contributed by atoms with Crippen LogP contribution in [-0.2, 0) is 0 Å². The normalized spacial score (nSPS) is 19.3. The highest BCUT2D eigenvalue weighted by Gasteiger charge is 2.28. The van der Waals surface area contributed by atoms with Gasteiger partial charge in [-0.2, -0.15) is 5.10 Å². The van der Waals surface area contributed by atoms with Crippen LogP contribution in [0.25, 0.3) is 0 Å². The van der Waals surface area contributed by atoms with E-state index in [-0.39, 0.29) is 5.91 Å². The van der Waals surface area contributed by atoms with Crippen molar-refractivity contribution in [3.63, 3.8) is 0 Å². The van der Waals surface area contributed by atoms with Gasteiger partial charge in [0.2, 0.25) is 0 Å². The molecule has 3 rings (SSSR count). The fourth-order valence-corrected chi connectivity index (χ4v) is 4.01. The van der Waals surface area contributed by atoms with Gasteiger partial charge in [0.05, 0.1) is 9.90 Å². The highest BCUT2D eigenvalue weighted by Crippen LogP contribution is 2.33. The van der Waals surface area contributed by atoms with Crippen molar-refractivity contribution >= 4 is 40.4 Å². The van der Waals surface area contributed by atoms with Gasteiger partial charge in [0, 0.05) is 30.9 Å². The minimum absolute atomic E-state index is 0.0395. The SMILES string of the molecule is O=C(c1cc(Cl)sc1Cl)N1CCCC(c2ccn[nH]2)C1. The molecule has 7 heteroatoms. The number of H-pyrrole nitrogens is 1. The summed E-state index contributed by atoms with van der Waals surface area (Å²) in [5, 5.41) is 6.97. The van der Waals surface area contributed by atoms with E-state index in [1.807, 2.05) is 11.0 Å². The molecule has 0 aromatic carbocycles. The zero-order chi connectivity index (χ0) is 14.1. The lowest BCUT2D eigenvalue weighted by atomic mass is 9.94. The van der Waals surface area contributed by atoms with E-state index in [1.165, 1.54) is 11.3 Å². The van der Waals surface area contributed by atoms with E-state index in [2.05, 4.69) is 10.2 Å². The third-order valence-electron chi connectivity index (χ3n) is 3.56. The first-order valence-electron chi connectivity index (χ1n) is 6.38. The molecule has 3 heterocycles. The molecule has 1 saturated heterocycles. The molecule has 1 atom stereocenters. The molecule has 1 amide bonds. The fourth-order valence-electron chi connectivity index (χ4n) is 2.57. The summed E-state index contributed by atoms with van der Waals surface area (Å²) in [6.45, 7) is 1.44. The lowest BCUT2D eigenvalue weighted by Gasteiger charge is -2.32. The monoisotopic (exact) mass is 329 g/mol. The maximum Gasteiger partial charge on any atom is 0.256 e. The van der Waals surface area contributed by atoms with Crippen molar-refractivity contribution in [1.29, 1.82) is 0 Å². The number of rotatable bonds is 2. The molecule has 2 aromatic rings. The maximum atomic E-state index is 12.5. The largest absolute Gasteiger partial charge is 0.338 e. The molecule has 1 aliphatic rings. The van der Waals surface area contributed by atoms with E-state index in [9.17, 15) is 4.79 Å². The minimum atomic E-state index is -0.0395. The van der Waals surface area contributed by atoms with Crippen molar-refractivity contribution in [2.75, 3.05) is 13.1 Å². The van der Waals surface area contributed by atoms with E-state index in [1.54, 1.807) is 12.3 Å². The standard InChI is InChI=1S/C13H13Cl2N3OS/c14-11-6-9(12(15)20-11)13(19)18-5-1-2-8(7-18)10-3-4-16-17-10/h3-4,6,8H,1-2,5,7H2,(H,16,17). The molecule has 4 nitrogen and oxygen atoms in total. The average Bonchev–Trinajstić information content (AvgIpc) is 3.08. The second-order valence-corrected chi connectivity index (χ2v) is 7.13. The van der Waals surface area contributed by atoms with Crippen LogP contribution in [0.15, 0.2) is 18.3 Å². The molecule has 1 unspecified atom stereocenters. The lowest BCUT2D eigenvalue weighted by molar-refractivity contribution is 0.0706. The van der Waals surface area contributed by atoms with Crippen molar-refractivity contribution in [2.24, 2.45) is 0 Å². The van der Waals surface area contributed by atoms with Gasteiger partial charge >= 0.3 is 0 Å². The van der Waals surface area contributed by atoms with Crippen molar-refractivity contribution < 1.29 is 4.79 Å². The number of nitrogens with one attached hydrogen (secondary N) is 1. The Labute approximate surface area is 130 Å². The van der Waals surface area contributed by atoms with Gasteiger partial charge in [-0.1, -0.05) is 23.2 Å². The van der Waals surface area contributed by atoms with Crippen molar-refractivity contribution in [3.05, 3.63) is 38.3 Å². The number of aromatic nitrogens is 2. The first-order valence-corrected chi connectivity index (χ1v) is 7.96. The van der Waals surface area contributed by atoms with Crippen molar-refractivity contribution in [1.82, 2.24) is 15.1 Å². The summed E-state index contributed by atoms with van der Waals surface area (Å²) in [7, 11) is 0. The second-order valence-electron chi connectivity index (χ2n) is 4.84. The number of aromatic amines is 1. The number of hydrogen-bond donors (Lipinski definition) is 1. The highest BCUT2D eigenvalue weighted by atomic mass is 35.5. The highest BCUT2D eigenvalue weighted by molar-refractivity contribution is 7.20. The van der Waals surface area contributed by atoms with Gasteiger partial charge in [-0.15, -0.1) is 11.3 Å². The summed E-state index contributed by atoms with van der Waals surface area (Å²) in [5.41, 5.74) is 1.59. The lowest BCUT2D eigenvalue weighted by Crippen LogP contribution is -2.39. The molecular formula is C13H13Cl2N3OS. The van der Waals surface area contributed by atoms with E-state index < -0.39 is 0 Å². The summed E-state index contributed by atoms with van der Waals surface area (Å²) in [5.74, 6) is 0.269. The molecule has 1 N–H and O–H groups in total. The van der Waals surface area contributed by atoms with Gasteiger partial charge in [0.15, 0.2) is 0 Å². The summed E-state index contributed by atoms with van der Waals surface area (Å²) in [6, 6.07) is 3.61. The third-order valence-corrected chi connectivity index (χ3v) is 5.05. The number of piperidine rings is 1. The third kappa shape index (κ3) is 2.71. The zero-order valence-electron chi connectivity index (χ0n) is 10.6. The van der Waals surface area contributed by atoms with Crippen LogP contribution in [0.1, 0.15) is 34.8 Å². The Morgan fingerprint density at radius 1 is 1.50 bits per heavy atom. The summed E-state index contributed by atoms with van der Waals surface area (Å²) in [6.07, 6.45) is 3.78. The number of carbonyl (C=O) groups excluding carboxylic acids is 1. The first-order chi connectivity index (χ1) is 9.65. The van der Waals surface area contributed by atoms with Crippen molar-refractivity contribution in [2.45, 2.75) is 18.8 Å². The fraction of sp³-hybridized carbons (Fsp3) is 0.385. The summed E-state index contributed by atoms with van der Waals surface area (Å²) >= 11 is 13.2. The van der Waals surface area contributed by atoms with Gasteiger partial charge in [-0.05, 0) is 25.0 Å². The molecule has 20 heavy (non-hydrogen) atoms. The van der Waals surface area contributed by atoms with Crippen molar-refractivity contribution in [3.8, 4) is 0 Å². The number of hydrogen-bond acceptors (Lipinski definition) is 3. The molecule has 0 aliphatic carbocycles. The van der Waals surface area contributed by atoms with Gasteiger partial charge in [-0.25, -0.2) is 0 Å². The van der Waals surface area contributed by atoms with E-state index >= 15 is 0 Å². The van der Waals surface area contributed by atoms with Crippen LogP contribution >= 0.6 is 34.5 Å². The maximum absolute atomic E-state index is 12.5. The Kier molecular flexibility index (Phi) is 4.01. The molecule has 2 aromatic heterocycles. The van der Waals surface area contributed by atoms with E-state index in [0.717, 1.165) is 25.1 Å². The Hall–Kier alpha value is -1.04. The molecular weight excluding hydrogens is 317 g/mol. The Morgan fingerprint density at radius 3 is 3.00 bits per heavy atom. The molecule has 1 fully saturated rings. The second kappa shape index (κ2) is 5.76. The molecule has 106 valence electrons. The number of nitrogens with zero attached hydrogens (tertiary/aromatic N) is 2. The number of amides is 1. The Morgan fingerprint density at radius 2 is 2.35 bits per heavy atom. The predicted molar refractivity (Wildman–Crippen MR) is 80.8 cm³/mol. The molecule has 0 radical (unpaired) electrons. The Bertz CT molecular complexity index is 611. The van der Waals surface area contributed by atoms with Gasteiger partial charge < -0.3 is 4.90 Å². The summed E-state index contributed by atoms with van der Waals surface area (Å²) in [4.78, 5) is 14.4. The van der Waals surface area contributed by atoms with Gasteiger partial charge in [-0.3, -0.25) is 9.89 Å². The van der Waals surface area contributed by atoms with Crippen LogP contribution < -0.4 is 0 Å². The predicted octanol–water partition coefficient (Wildman–Crippen LogP) is 3.80. The zero-order valence-corrected chi connectivity index (χ0v) is 12.9. The quantitative estimate of drug-likeness (QED) is 0.910. The number of halogens is 2. The molecule has 0 saturated carbocycles. The molecule has 0 spiro atoms. The van der Waals surface area contributed by atoms with Crippen LogP contribution in [0.3, 0.4) is 0 Å². The van der Waals surface area contributed by atoms with Gasteiger partial charge in [0.1, 0.15) is 4.34 Å². The first kappa shape index (κ1) is 13.9. The molecule has 0 bridgehead atoms. The number of thiophene rings is 1. The van der Waals surface area contributed by atoms with Crippen LogP contribution in [0.4, 0.5) is 0 Å². The van der Waals surface area contributed by atoms with Gasteiger partial charge in [0.25, 0.3) is 5.91 Å². The average molecular weight is 330 g/mol. The molecule has 1 aliphatic heterocycles. The summed E-state index contributed by atoms with van der Waals surface area (Å²) < 4.78 is 1.00. The van der Waals surface area contributed by atoms with Crippen LogP contribution in [0.2, 0.25) is 8.67 Å². The van der Waals surface area contributed by atoms with Crippen LogP contribution in [0, 0.1) is 0 Å². The van der Waals surface area contributed by atoms with Crippen LogP contribution in [0.5, 0.6) is 0 Å². The smallest absolute Gasteiger partial charge is 0.256 e. The minimum Gasteiger partial charge on any atom is -0.338 e. The number of likely N-dealkylation sites (tertiary alicyclic amines) is 1. The van der Waals surface area contributed by atoms with Crippen LogP contribution in [-0.4, -0.2) is 34.1 Å². The topological polar surface area (TPSA) is 49.0 Å². The van der Waals surface area contributed by atoms with E-state index in [0.29, 0.717) is 26.7 Å². The Balaban J connectivity index is 1.77.